The van der Waals surface area contributed by atoms with Crippen molar-refractivity contribution in [2.45, 2.75) is 6.42 Å². The largest absolute Gasteiger partial charge is 0.397 e. The molecule has 1 unspecified atom stereocenters. The van der Waals surface area contributed by atoms with Gasteiger partial charge in [-0.15, -0.1) is 0 Å². The van der Waals surface area contributed by atoms with Crippen LogP contribution in [0.1, 0.15) is 6.42 Å². The summed E-state index contributed by atoms with van der Waals surface area (Å²) in [5, 5.41) is 2.22. The number of carbonyl (C=O) groups excluding carboxylic acids is 1. The zero-order valence-electron chi connectivity index (χ0n) is 9.82. The number of benzene rings is 1. The molecule has 0 aliphatic carbocycles. The summed E-state index contributed by atoms with van der Waals surface area (Å²) in [5.41, 5.74) is 4.84. The zero-order chi connectivity index (χ0) is 14.2. The van der Waals surface area contributed by atoms with E-state index >= 15 is 0 Å². The number of nitrogen functional groups attached to an aromatic ring is 1. The van der Waals surface area contributed by atoms with Gasteiger partial charge in [-0.25, -0.2) is 17.2 Å². The van der Waals surface area contributed by atoms with Gasteiger partial charge in [0.25, 0.3) is 0 Å². The maximum Gasteiger partial charge on any atom is 0.228 e. The highest BCUT2D eigenvalue weighted by molar-refractivity contribution is 7.91. The highest BCUT2D eigenvalue weighted by Gasteiger charge is 2.33. The molecule has 8 heteroatoms. The van der Waals surface area contributed by atoms with Gasteiger partial charge in [0.05, 0.1) is 23.1 Å². The van der Waals surface area contributed by atoms with Crippen molar-refractivity contribution in [1.82, 2.24) is 0 Å². The molecule has 1 saturated heterocycles. The number of hydrogen-bond donors (Lipinski definition) is 2. The Morgan fingerprint density at radius 2 is 2.05 bits per heavy atom. The van der Waals surface area contributed by atoms with E-state index in [4.69, 9.17) is 5.73 Å². The highest BCUT2D eigenvalue weighted by atomic mass is 32.2. The van der Waals surface area contributed by atoms with Gasteiger partial charge in [0.1, 0.15) is 11.5 Å². The summed E-state index contributed by atoms with van der Waals surface area (Å²) in [6, 6.07) is 1.47. The summed E-state index contributed by atoms with van der Waals surface area (Å²) in [5.74, 6) is -3.52. The van der Waals surface area contributed by atoms with Crippen molar-refractivity contribution >= 4 is 27.1 Å². The molecule has 0 bridgehead atoms. The average Bonchev–Trinajstić information content (AvgIpc) is 2.64. The smallest absolute Gasteiger partial charge is 0.228 e. The van der Waals surface area contributed by atoms with Crippen molar-refractivity contribution in [2.75, 3.05) is 22.6 Å². The Hall–Kier alpha value is -1.70. The molecule has 0 radical (unpaired) electrons. The fourth-order valence-electron chi connectivity index (χ4n) is 1.95. The van der Waals surface area contributed by atoms with Gasteiger partial charge < -0.3 is 11.1 Å². The minimum absolute atomic E-state index is 0.0630. The van der Waals surface area contributed by atoms with E-state index in [1.54, 1.807) is 0 Å². The van der Waals surface area contributed by atoms with Crippen LogP contribution in [0.2, 0.25) is 0 Å². The molecule has 1 aromatic rings. The summed E-state index contributed by atoms with van der Waals surface area (Å²) < 4.78 is 48.8. The number of nitrogens with one attached hydrogen (secondary N) is 1. The standard InChI is InChI=1S/C11H12F2N2O3S/c12-7-3-8(13)10(9(14)4-7)15-11(16)6-1-2-19(17,18)5-6/h3-4,6H,1-2,5,14H2,(H,15,16). The van der Waals surface area contributed by atoms with Gasteiger partial charge in [-0.1, -0.05) is 0 Å². The van der Waals surface area contributed by atoms with Gasteiger partial charge in [0.15, 0.2) is 15.7 Å². The maximum atomic E-state index is 13.5. The number of amides is 1. The monoisotopic (exact) mass is 290 g/mol. The van der Waals surface area contributed by atoms with Gasteiger partial charge in [-0.3, -0.25) is 4.79 Å². The molecular formula is C11H12F2N2O3S. The second-order valence-corrected chi connectivity index (χ2v) is 6.67. The first kappa shape index (κ1) is 13.7. The first-order chi connectivity index (χ1) is 8.78. The van der Waals surface area contributed by atoms with Crippen LogP contribution in [0.5, 0.6) is 0 Å². The van der Waals surface area contributed by atoms with Crippen LogP contribution in [-0.4, -0.2) is 25.8 Å². The fraction of sp³-hybridized carbons (Fsp3) is 0.364. The SMILES string of the molecule is Nc1cc(F)cc(F)c1NC(=O)C1CCS(=O)(=O)C1. The fourth-order valence-corrected chi connectivity index (χ4v) is 3.69. The van der Waals surface area contributed by atoms with Crippen molar-refractivity contribution in [1.29, 1.82) is 0 Å². The third-order valence-electron chi connectivity index (χ3n) is 2.94. The molecule has 1 aliphatic heterocycles. The molecule has 104 valence electrons. The van der Waals surface area contributed by atoms with Crippen molar-refractivity contribution in [3.63, 3.8) is 0 Å². The van der Waals surface area contributed by atoms with Crippen LogP contribution in [0.4, 0.5) is 20.2 Å². The Bertz CT molecular complexity index is 608. The van der Waals surface area contributed by atoms with E-state index in [9.17, 15) is 22.0 Å². The second-order valence-electron chi connectivity index (χ2n) is 4.44. The lowest BCUT2D eigenvalue weighted by Crippen LogP contribution is -2.24. The summed E-state index contributed by atoms with van der Waals surface area (Å²) in [6.07, 6.45) is 0.191. The number of hydrogen-bond acceptors (Lipinski definition) is 4. The molecule has 19 heavy (non-hydrogen) atoms. The molecule has 0 saturated carbocycles. The average molecular weight is 290 g/mol. The molecule has 3 N–H and O–H groups in total. The van der Waals surface area contributed by atoms with Crippen LogP contribution in [0.3, 0.4) is 0 Å². The summed E-state index contributed by atoms with van der Waals surface area (Å²) in [7, 11) is -3.21. The van der Waals surface area contributed by atoms with Gasteiger partial charge >= 0.3 is 0 Å². The Kier molecular flexibility index (Phi) is 3.44. The lowest BCUT2D eigenvalue weighted by Gasteiger charge is -2.12. The molecule has 1 aliphatic rings. The lowest BCUT2D eigenvalue weighted by molar-refractivity contribution is -0.119. The molecular weight excluding hydrogens is 278 g/mol. The van der Waals surface area contributed by atoms with Gasteiger partial charge in [-0.05, 0) is 12.5 Å². The predicted molar refractivity (Wildman–Crippen MR) is 66.2 cm³/mol. The molecule has 0 aromatic heterocycles. The number of carbonyl (C=O) groups is 1. The highest BCUT2D eigenvalue weighted by Crippen LogP contribution is 2.26. The van der Waals surface area contributed by atoms with Crippen molar-refractivity contribution < 1.29 is 22.0 Å². The van der Waals surface area contributed by atoms with Crippen molar-refractivity contribution in [3.8, 4) is 0 Å². The van der Waals surface area contributed by atoms with E-state index in [1.165, 1.54) is 0 Å². The molecule has 1 heterocycles. The summed E-state index contributed by atoms with van der Waals surface area (Å²) in [6.45, 7) is 0. The van der Waals surface area contributed by atoms with Crippen LogP contribution in [0, 0.1) is 17.6 Å². The third-order valence-corrected chi connectivity index (χ3v) is 4.70. The first-order valence-electron chi connectivity index (χ1n) is 5.54. The maximum absolute atomic E-state index is 13.5. The van der Waals surface area contributed by atoms with E-state index in [-0.39, 0.29) is 29.3 Å². The molecule has 1 fully saturated rings. The van der Waals surface area contributed by atoms with E-state index in [2.05, 4.69) is 5.32 Å². The molecule has 0 spiro atoms. The Balaban J connectivity index is 2.16. The van der Waals surface area contributed by atoms with Crippen LogP contribution in [0.15, 0.2) is 12.1 Å². The van der Waals surface area contributed by atoms with Crippen LogP contribution in [-0.2, 0) is 14.6 Å². The Labute approximate surface area is 108 Å². The van der Waals surface area contributed by atoms with Gasteiger partial charge in [-0.2, -0.15) is 0 Å². The number of halogens is 2. The number of anilines is 2. The molecule has 1 atom stereocenters. The molecule has 5 nitrogen and oxygen atoms in total. The topological polar surface area (TPSA) is 89.3 Å². The predicted octanol–water partition coefficient (Wildman–Crippen LogP) is 0.920. The molecule has 1 amide bonds. The van der Waals surface area contributed by atoms with E-state index in [0.717, 1.165) is 6.07 Å². The quantitative estimate of drug-likeness (QED) is 0.793. The van der Waals surface area contributed by atoms with Crippen LogP contribution in [0.25, 0.3) is 0 Å². The Morgan fingerprint density at radius 1 is 1.37 bits per heavy atom. The lowest BCUT2D eigenvalue weighted by atomic mass is 10.1. The summed E-state index contributed by atoms with van der Waals surface area (Å²) in [4.78, 5) is 11.8. The third kappa shape index (κ3) is 3.01. The van der Waals surface area contributed by atoms with Gasteiger partial charge in [0, 0.05) is 6.07 Å². The molecule has 2 rings (SSSR count). The minimum atomic E-state index is -3.21. The van der Waals surface area contributed by atoms with Crippen molar-refractivity contribution in [2.24, 2.45) is 5.92 Å². The van der Waals surface area contributed by atoms with Crippen LogP contribution < -0.4 is 11.1 Å². The second kappa shape index (κ2) is 4.76. The first-order valence-corrected chi connectivity index (χ1v) is 7.36. The van der Waals surface area contributed by atoms with Crippen molar-refractivity contribution in [3.05, 3.63) is 23.8 Å². The molecule has 1 aromatic carbocycles. The minimum Gasteiger partial charge on any atom is -0.397 e. The Morgan fingerprint density at radius 3 is 2.58 bits per heavy atom. The zero-order valence-corrected chi connectivity index (χ0v) is 10.6. The van der Waals surface area contributed by atoms with Gasteiger partial charge in [0.2, 0.25) is 5.91 Å². The summed E-state index contributed by atoms with van der Waals surface area (Å²) >= 11 is 0. The number of sulfone groups is 1. The number of rotatable bonds is 2. The van der Waals surface area contributed by atoms with E-state index in [0.29, 0.717) is 6.07 Å². The van der Waals surface area contributed by atoms with E-state index in [1.807, 2.05) is 0 Å². The number of nitrogens with two attached hydrogens (primary N) is 1. The normalized spacial score (nSPS) is 21.3. The van der Waals surface area contributed by atoms with Crippen LogP contribution >= 0.6 is 0 Å². The van der Waals surface area contributed by atoms with E-state index < -0.39 is 33.3 Å².